The summed E-state index contributed by atoms with van der Waals surface area (Å²) in [6.07, 6.45) is 0. The maximum absolute atomic E-state index is 7.13. The zero-order chi connectivity index (χ0) is 42.9. The van der Waals surface area contributed by atoms with E-state index < -0.39 is 0 Å². The van der Waals surface area contributed by atoms with Gasteiger partial charge in [-0.1, -0.05) is 149 Å². The van der Waals surface area contributed by atoms with Crippen LogP contribution < -0.4 is 9.80 Å². The molecule has 2 aromatic heterocycles. The molecule has 9 aromatic carbocycles. The summed E-state index contributed by atoms with van der Waals surface area (Å²) < 4.78 is 7.13. The molecule has 0 bridgehead atoms. The highest BCUT2D eigenvalue weighted by atomic mass is 16.3. The van der Waals surface area contributed by atoms with Gasteiger partial charge in [0.25, 0.3) is 0 Å². The van der Waals surface area contributed by atoms with Gasteiger partial charge in [0.05, 0.1) is 22.3 Å². The number of nitrogens with zero attached hydrogens (tertiary/aromatic N) is 2. The normalized spacial score (nSPS) is 14.2. The van der Waals surface area contributed by atoms with Crippen molar-refractivity contribution in [3.8, 4) is 22.3 Å². The molecule has 13 rings (SSSR count). The second kappa shape index (κ2) is 13.3. The van der Waals surface area contributed by atoms with Crippen molar-refractivity contribution in [2.24, 2.45) is 0 Å². The van der Waals surface area contributed by atoms with E-state index in [1.807, 2.05) is 0 Å². The fourth-order valence-electron chi connectivity index (χ4n) is 11.5. The number of fused-ring (bicyclic) bond motifs is 15. The average molecular weight is 824 g/mol. The number of anilines is 6. The smallest absolute Gasteiger partial charge is 0.145 e. The average Bonchev–Trinajstić information content (AvgIpc) is 4.04. The van der Waals surface area contributed by atoms with E-state index in [9.17, 15) is 0 Å². The van der Waals surface area contributed by atoms with E-state index in [1.54, 1.807) is 0 Å². The Hall–Kier alpha value is -7.82. The number of hydrogen-bond acceptors (Lipinski definition) is 3. The van der Waals surface area contributed by atoms with Crippen molar-refractivity contribution < 1.29 is 4.42 Å². The zero-order valence-corrected chi connectivity index (χ0v) is 36.3. The van der Waals surface area contributed by atoms with Crippen LogP contribution in [0.5, 0.6) is 0 Å². The summed E-state index contributed by atoms with van der Waals surface area (Å²) in [7, 11) is 0. The summed E-state index contributed by atoms with van der Waals surface area (Å²) in [5.74, 6) is 0. The standard InChI is InChI=1S/C60H45N3O/c1-59(2)45-36-49(63(39-25-13-7-14-26-39)40-27-15-8-16-28-40)57-54(41-29-17-19-31-47(41)61-57)51(45)43-33-34-44-52-46(60(3,4)56(44)55(43)59)35-48(53-42-30-18-20-32-50(42)64-58(52)53)62(37-21-9-5-10-22-37)38-23-11-6-12-24-38/h5-36,61H,1-4H3. The first kappa shape index (κ1) is 36.8. The Kier molecular flexibility index (Phi) is 7.67. The number of furan rings is 1. The van der Waals surface area contributed by atoms with Gasteiger partial charge >= 0.3 is 0 Å². The van der Waals surface area contributed by atoms with Crippen LogP contribution in [0.3, 0.4) is 0 Å². The number of benzene rings is 9. The first-order valence-electron chi connectivity index (χ1n) is 22.4. The van der Waals surface area contributed by atoms with Gasteiger partial charge < -0.3 is 19.2 Å². The molecule has 4 nitrogen and oxygen atoms in total. The van der Waals surface area contributed by atoms with Crippen LogP contribution in [0.15, 0.2) is 199 Å². The number of nitrogens with one attached hydrogen (secondary N) is 1. The van der Waals surface area contributed by atoms with Crippen molar-refractivity contribution in [1.82, 2.24) is 4.98 Å². The molecule has 0 fully saturated rings. The van der Waals surface area contributed by atoms with Gasteiger partial charge in [0.1, 0.15) is 11.2 Å². The summed E-state index contributed by atoms with van der Waals surface area (Å²) in [6, 6.07) is 70.2. The molecular formula is C60H45N3O. The van der Waals surface area contributed by atoms with Crippen LogP contribution in [-0.4, -0.2) is 4.98 Å². The fraction of sp³-hybridized carbons (Fsp3) is 0.100. The van der Waals surface area contributed by atoms with E-state index >= 15 is 0 Å². The molecule has 4 heteroatoms. The molecule has 2 aliphatic carbocycles. The molecule has 306 valence electrons. The molecule has 11 aromatic rings. The first-order valence-corrected chi connectivity index (χ1v) is 22.4. The topological polar surface area (TPSA) is 35.4 Å². The molecule has 0 saturated heterocycles. The lowest BCUT2D eigenvalue weighted by Gasteiger charge is -2.32. The summed E-state index contributed by atoms with van der Waals surface area (Å²) in [6.45, 7) is 9.77. The van der Waals surface area contributed by atoms with Crippen molar-refractivity contribution in [1.29, 1.82) is 0 Å². The maximum Gasteiger partial charge on any atom is 0.145 e. The number of para-hydroxylation sites is 6. The lowest BCUT2D eigenvalue weighted by Crippen LogP contribution is -2.24. The molecular weight excluding hydrogens is 779 g/mol. The van der Waals surface area contributed by atoms with Crippen molar-refractivity contribution in [2.75, 3.05) is 9.80 Å². The van der Waals surface area contributed by atoms with Gasteiger partial charge in [0, 0.05) is 60.8 Å². The molecule has 0 spiro atoms. The van der Waals surface area contributed by atoms with Crippen LogP contribution in [0.25, 0.3) is 66.0 Å². The van der Waals surface area contributed by atoms with E-state index in [4.69, 9.17) is 4.42 Å². The minimum absolute atomic E-state index is 0.356. The molecule has 0 amide bonds. The number of aromatic amines is 1. The molecule has 2 heterocycles. The van der Waals surface area contributed by atoms with E-state index in [0.29, 0.717) is 0 Å². The highest BCUT2D eigenvalue weighted by molar-refractivity contribution is 6.22. The maximum atomic E-state index is 7.13. The second-order valence-electron chi connectivity index (χ2n) is 18.5. The molecule has 2 aliphatic rings. The third kappa shape index (κ3) is 4.99. The quantitative estimate of drug-likeness (QED) is 0.181. The SMILES string of the molecule is CC1(C)c2cc(N(c3ccccc3)c3ccccc3)c3c(oc4ccccc43)c2-c2ccc3c(c21)C(C)(C)c1cc(N(c2ccccc2)c2ccccc2)c2[nH]c4ccccc4c2c1-3. The number of hydrogen-bond donors (Lipinski definition) is 1. The Morgan fingerprint density at radius 1 is 0.422 bits per heavy atom. The van der Waals surface area contributed by atoms with Crippen molar-refractivity contribution in [3.05, 3.63) is 216 Å². The second-order valence-corrected chi connectivity index (χ2v) is 18.5. The number of H-pyrrole nitrogens is 1. The van der Waals surface area contributed by atoms with Gasteiger partial charge in [-0.15, -0.1) is 0 Å². The van der Waals surface area contributed by atoms with Crippen LogP contribution in [0.4, 0.5) is 34.1 Å². The van der Waals surface area contributed by atoms with E-state index in [-0.39, 0.29) is 10.8 Å². The molecule has 64 heavy (non-hydrogen) atoms. The van der Waals surface area contributed by atoms with Gasteiger partial charge in [0.2, 0.25) is 0 Å². The van der Waals surface area contributed by atoms with Gasteiger partial charge in [-0.3, -0.25) is 0 Å². The predicted octanol–water partition coefficient (Wildman–Crippen LogP) is 16.8. The minimum Gasteiger partial charge on any atom is -0.455 e. The lowest BCUT2D eigenvalue weighted by atomic mass is 9.72. The Morgan fingerprint density at radius 2 is 0.859 bits per heavy atom. The Morgan fingerprint density at radius 3 is 1.42 bits per heavy atom. The van der Waals surface area contributed by atoms with Crippen molar-refractivity contribution in [3.63, 3.8) is 0 Å². The monoisotopic (exact) mass is 823 g/mol. The molecule has 0 atom stereocenters. The highest BCUT2D eigenvalue weighted by Gasteiger charge is 2.48. The lowest BCUT2D eigenvalue weighted by molar-refractivity contribution is 0.601. The fourth-order valence-corrected chi connectivity index (χ4v) is 11.5. The molecule has 0 aliphatic heterocycles. The van der Waals surface area contributed by atoms with E-state index in [0.717, 1.165) is 67.1 Å². The minimum atomic E-state index is -0.376. The zero-order valence-electron chi connectivity index (χ0n) is 36.3. The number of rotatable bonds is 6. The third-order valence-corrected chi connectivity index (χ3v) is 14.3. The Balaban J connectivity index is 1.10. The van der Waals surface area contributed by atoms with Crippen LogP contribution in [0, 0.1) is 0 Å². The molecule has 1 N–H and O–H groups in total. The third-order valence-electron chi connectivity index (χ3n) is 14.3. The van der Waals surface area contributed by atoms with E-state index in [2.05, 4.69) is 237 Å². The summed E-state index contributed by atoms with van der Waals surface area (Å²) in [5.41, 5.74) is 20.5. The van der Waals surface area contributed by atoms with Gasteiger partial charge in [-0.25, -0.2) is 0 Å². The summed E-state index contributed by atoms with van der Waals surface area (Å²) in [4.78, 5) is 8.79. The van der Waals surface area contributed by atoms with Crippen LogP contribution >= 0.6 is 0 Å². The van der Waals surface area contributed by atoms with Crippen molar-refractivity contribution in [2.45, 2.75) is 38.5 Å². The van der Waals surface area contributed by atoms with Gasteiger partial charge in [-0.2, -0.15) is 0 Å². The highest BCUT2D eigenvalue weighted by Crippen LogP contribution is 2.64. The summed E-state index contributed by atoms with van der Waals surface area (Å²) in [5, 5.41) is 4.74. The van der Waals surface area contributed by atoms with Crippen LogP contribution in [-0.2, 0) is 10.8 Å². The first-order chi connectivity index (χ1) is 31.3. The summed E-state index contributed by atoms with van der Waals surface area (Å²) >= 11 is 0. The van der Waals surface area contributed by atoms with Crippen LogP contribution in [0.1, 0.15) is 49.9 Å². The predicted molar refractivity (Wildman–Crippen MR) is 268 cm³/mol. The van der Waals surface area contributed by atoms with Gasteiger partial charge in [0.15, 0.2) is 0 Å². The Labute approximate surface area is 372 Å². The largest absolute Gasteiger partial charge is 0.455 e. The molecule has 0 radical (unpaired) electrons. The Bertz CT molecular complexity index is 3580. The number of aromatic nitrogens is 1. The van der Waals surface area contributed by atoms with Gasteiger partial charge in [-0.05, 0) is 112 Å². The van der Waals surface area contributed by atoms with E-state index in [1.165, 1.54) is 55.3 Å². The van der Waals surface area contributed by atoms with Crippen LogP contribution in [0.2, 0.25) is 0 Å². The van der Waals surface area contributed by atoms with Crippen molar-refractivity contribution >= 4 is 77.9 Å². The molecule has 0 saturated carbocycles. The molecule has 0 unspecified atom stereocenters.